The largest absolute Gasteiger partial charge is 0.458 e. The number of hydrogen-bond donors (Lipinski definition) is 1. The molecule has 0 aliphatic heterocycles. The fourth-order valence-corrected chi connectivity index (χ4v) is 5.52. The molecule has 0 heterocycles. The lowest BCUT2D eigenvalue weighted by Gasteiger charge is -2.37. The van der Waals surface area contributed by atoms with E-state index in [0.29, 0.717) is 40.5 Å². The van der Waals surface area contributed by atoms with Gasteiger partial charge in [-0.15, -0.1) is 0 Å². The number of carbonyl (C=O) groups is 2. The molecule has 4 rings (SSSR count). The number of fused-ring (bicyclic) bond motifs is 1. The molecule has 1 fully saturated rings. The van der Waals surface area contributed by atoms with Gasteiger partial charge in [-0.05, 0) is 59.4 Å². The summed E-state index contributed by atoms with van der Waals surface area (Å²) in [5.74, 6) is 0.346. The SMILES string of the molecule is CC1CC(C)C(OC(=O)C2=C3CC(N)=CC(=O)C3C=C2c2ccc(Cl)cc2)C(C)C1. The highest BCUT2D eigenvalue weighted by atomic mass is 35.5. The summed E-state index contributed by atoms with van der Waals surface area (Å²) in [5.41, 5.74) is 9.31. The van der Waals surface area contributed by atoms with Gasteiger partial charge in [-0.3, -0.25) is 4.79 Å². The van der Waals surface area contributed by atoms with Crippen LogP contribution in [-0.4, -0.2) is 17.9 Å². The van der Waals surface area contributed by atoms with Crippen LogP contribution in [0.15, 0.2) is 53.3 Å². The minimum atomic E-state index is -0.452. The van der Waals surface area contributed by atoms with E-state index in [1.165, 1.54) is 6.08 Å². The molecule has 158 valence electrons. The third-order valence-corrected chi connectivity index (χ3v) is 6.85. The highest BCUT2D eigenvalue weighted by Crippen LogP contribution is 2.44. The van der Waals surface area contributed by atoms with E-state index in [1.807, 2.05) is 18.2 Å². The third-order valence-electron chi connectivity index (χ3n) is 6.60. The van der Waals surface area contributed by atoms with Crippen LogP contribution in [0.5, 0.6) is 0 Å². The van der Waals surface area contributed by atoms with Gasteiger partial charge in [0.25, 0.3) is 0 Å². The fourth-order valence-electron chi connectivity index (χ4n) is 5.40. The van der Waals surface area contributed by atoms with Crippen molar-refractivity contribution in [1.29, 1.82) is 0 Å². The monoisotopic (exact) mass is 425 g/mol. The quantitative estimate of drug-likeness (QED) is 0.685. The van der Waals surface area contributed by atoms with Gasteiger partial charge >= 0.3 is 5.97 Å². The molecule has 2 N–H and O–H groups in total. The van der Waals surface area contributed by atoms with Crippen molar-refractivity contribution >= 4 is 28.9 Å². The highest BCUT2D eigenvalue weighted by molar-refractivity contribution is 6.30. The van der Waals surface area contributed by atoms with Crippen LogP contribution in [0.1, 0.15) is 45.6 Å². The number of halogens is 1. The van der Waals surface area contributed by atoms with Crippen LogP contribution in [0.4, 0.5) is 0 Å². The third kappa shape index (κ3) is 3.85. The summed E-state index contributed by atoms with van der Waals surface area (Å²) in [5, 5.41) is 0.618. The molecule has 4 nitrogen and oxygen atoms in total. The number of benzene rings is 1. The van der Waals surface area contributed by atoms with E-state index in [0.717, 1.165) is 29.6 Å². The number of allylic oxidation sites excluding steroid dienone is 3. The van der Waals surface area contributed by atoms with Crippen molar-refractivity contribution < 1.29 is 14.3 Å². The van der Waals surface area contributed by atoms with E-state index in [2.05, 4.69) is 20.8 Å². The molecule has 5 heteroatoms. The maximum Gasteiger partial charge on any atom is 0.339 e. The van der Waals surface area contributed by atoms with Crippen molar-refractivity contribution in [2.75, 3.05) is 0 Å². The number of ether oxygens (including phenoxy) is 1. The van der Waals surface area contributed by atoms with E-state index >= 15 is 0 Å². The maximum absolute atomic E-state index is 13.5. The lowest BCUT2D eigenvalue weighted by Crippen LogP contribution is -2.38. The maximum atomic E-state index is 13.5. The molecular formula is C25H28ClNO3. The van der Waals surface area contributed by atoms with Gasteiger partial charge in [-0.1, -0.05) is 50.6 Å². The Morgan fingerprint density at radius 3 is 2.37 bits per heavy atom. The molecule has 3 aliphatic rings. The fraction of sp³-hybridized carbons (Fsp3) is 0.440. The van der Waals surface area contributed by atoms with Crippen molar-refractivity contribution in [3.8, 4) is 0 Å². The minimum Gasteiger partial charge on any atom is -0.458 e. The van der Waals surface area contributed by atoms with Gasteiger partial charge in [0.1, 0.15) is 6.10 Å². The van der Waals surface area contributed by atoms with Crippen molar-refractivity contribution in [2.45, 2.75) is 46.1 Å². The number of rotatable bonds is 3. The molecule has 1 aromatic rings. The second kappa shape index (κ2) is 8.07. The summed E-state index contributed by atoms with van der Waals surface area (Å²) in [6, 6.07) is 7.31. The van der Waals surface area contributed by atoms with E-state index < -0.39 is 5.92 Å². The topological polar surface area (TPSA) is 69.4 Å². The molecule has 1 saturated carbocycles. The average Bonchev–Trinajstić information content (AvgIpc) is 3.05. The highest BCUT2D eigenvalue weighted by Gasteiger charge is 2.40. The predicted octanol–water partition coefficient (Wildman–Crippen LogP) is 5.08. The van der Waals surface area contributed by atoms with Gasteiger partial charge in [0, 0.05) is 23.2 Å². The van der Waals surface area contributed by atoms with Crippen LogP contribution in [0, 0.1) is 23.7 Å². The second-order valence-corrected chi connectivity index (χ2v) is 9.60. The smallest absolute Gasteiger partial charge is 0.339 e. The molecule has 0 bridgehead atoms. The molecule has 0 spiro atoms. The lowest BCUT2D eigenvalue weighted by atomic mass is 9.75. The molecule has 3 aliphatic carbocycles. The minimum absolute atomic E-state index is 0.0868. The molecule has 0 aromatic heterocycles. The molecule has 3 atom stereocenters. The van der Waals surface area contributed by atoms with Crippen molar-refractivity contribution in [3.63, 3.8) is 0 Å². The van der Waals surface area contributed by atoms with Gasteiger partial charge in [0.2, 0.25) is 0 Å². The van der Waals surface area contributed by atoms with E-state index in [4.69, 9.17) is 22.1 Å². The normalized spacial score (nSPS) is 31.2. The van der Waals surface area contributed by atoms with Gasteiger partial charge in [0.05, 0.1) is 11.5 Å². The van der Waals surface area contributed by atoms with Crippen molar-refractivity contribution in [3.05, 3.63) is 63.8 Å². The molecule has 0 amide bonds. The standard InChI is InChI=1S/C25H28ClNO3/c1-13-8-14(2)24(15(3)9-13)30-25(29)23-19(16-4-6-17(26)7-5-16)12-20-21(23)10-18(27)11-22(20)28/h4-7,11-15,20,24H,8-10,27H2,1-3H3. The van der Waals surface area contributed by atoms with Gasteiger partial charge in [-0.25, -0.2) is 4.79 Å². The van der Waals surface area contributed by atoms with Gasteiger partial charge in [0.15, 0.2) is 5.78 Å². The molecule has 0 saturated heterocycles. The first-order valence-electron chi connectivity index (χ1n) is 10.7. The number of nitrogens with two attached hydrogens (primary N) is 1. The Hall–Kier alpha value is -2.33. The molecule has 3 unspecified atom stereocenters. The van der Waals surface area contributed by atoms with Crippen LogP contribution in [0.2, 0.25) is 5.02 Å². The Morgan fingerprint density at radius 1 is 1.10 bits per heavy atom. The number of hydrogen-bond acceptors (Lipinski definition) is 4. The van der Waals surface area contributed by atoms with Crippen LogP contribution in [0.3, 0.4) is 0 Å². The number of carbonyl (C=O) groups excluding carboxylic acids is 2. The number of ketones is 1. The first-order chi connectivity index (χ1) is 14.2. The van der Waals surface area contributed by atoms with E-state index in [1.54, 1.807) is 12.1 Å². The Bertz CT molecular complexity index is 961. The lowest BCUT2D eigenvalue weighted by molar-refractivity contribution is -0.152. The predicted molar refractivity (Wildman–Crippen MR) is 118 cm³/mol. The van der Waals surface area contributed by atoms with Gasteiger partial charge in [-0.2, -0.15) is 0 Å². The summed E-state index contributed by atoms with van der Waals surface area (Å²) < 4.78 is 6.11. The van der Waals surface area contributed by atoms with Crippen LogP contribution in [0.25, 0.3) is 5.57 Å². The Morgan fingerprint density at radius 2 is 1.73 bits per heavy atom. The van der Waals surface area contributed by atoms with Crippen LogP contribution in [-0.2, 0) is 14.3 Å². The first-order valence-corrected chi connectivity index (χ1v) is 11.0. The molecule has 0 radical (unpaired) electrons. The summed E-state index contributed by atoms with van der Waals surface area (Å²) in [4.78, 5) is 26.1. The van der Waals surface area contributed by atoms with Gasteiger partial charge < -0.3 is 10.5 Å². The molecule has 30 heavy (non-hydrogen) atoms. The summed E-state index contributed by atoms with van der Waals surface area (Å²) >= 11 is 6.05. The summed E-state index contributed by atoms with van der Waals surface area (Å²) in [6.07, 6.45) is 5.72. The van der Waals surface area contributed by atoms with Crippen molar-refractivity contribution in [1.82, 2.24) is 0 Å². The van der Waals surface area contributed by atoms with Crippen molar-refractivity contribution in [2.24, 2.45) is 29.4 Å². The second-order valence-electron chi connectivity index (χ2n) is 9.16. The van der Waals surface area contributed by atoms with Crippen LogP contribution < -0.4 is 5.73 Å². The zero-order valence-corrected chi connectivity index (χ0v) is 18.4. The Kier molecular flexibility index (Phi) is 5.63. The van der Waals surface area contributed by atoms with Crippen LogP contribution >= 0.6 is 11.6 Å². The molecule has 1 aromatic carbocycles. The number of esters is 1. The first kappa shape index (κ1) is 20.9. The zero-order chi connectivity index (χ0) is 21.6. The summed E-state index contributed by atoms with van der Waals surface area (Å²) in [6.45, 7) is 6.56. The molecular weight excluding hydrogens is 398 g/mol. The van der Waals surface area contributed by atoms with E-state index in [-0.39, 0.29) is 17.9 Å². The Labute approximate surface area is 182 Å². The Balaban J connectivity index is 1.70. The van der Waals surface area contributed by atoms with E-state index in [9.17, 15) is 9.59 Å². The summed E-state index contributed by atoms with van der Waals surface area (Å²) in [7, 11) is 0. The zero-order valence-electron chi connectivity index (χ0n) is 17.7. The average molecular weight is 426 g/mol.